The van der Waals surface area contributed by atoms with Crippen molar-refractivity contribution in [2.75, 3.05) is 19.5 Å². The van der Waals surface area contributed by atoms with E-state index < -0.39 is 11.8 Å². The lowest BCUT2D eigenvalue weighted by molar-refractivity contribution is -0.138. The Morgan fingerprint density at radius 2 is 1.73 bits per heavy atom. The molecule has 0 radical (unpaired) electrons. The van der Waals surface area contributed by atoms with E-state index in [1.54, 1.807) is 25.3 Å². The van der Waals surface area contributed by atoms with Crippen molar-refractivity contribution >= 4 is 29.1 Å². The van der Waals surface area contributed by atoms with E-state index in [0.717, 1.165) is 10.5 Å². The summed E-state index contributed by atoms with van der Waals surface area (Å²) in [7, 11) is 3.04. The number of ether oxygens (including phenoxy) is 2. The maximum Gasteiger partial charge on any atom is 0.279 e. The van der Waals surface area contributed by atoms with E-state index in [4.69, 9.17) is 21.1 Å². The maximum absolute atomic E-state index is 12.7. The molecule has 0 unspecified atom stereocenters. The van der Waals surface area contributed by atoms with E-state index in [0.29, 0.717) is 17.2 Å². The van der Waals surface area contributed by atoms with Gasteiger partial charge in [0.15, 0.2) is 0 Å². The van der Waals surface area contributed by atoms with Crippen LogP contribution >= 0.6 is 11.6 Å². The predicted octanol–water partition coefficient (Wildman–Crippen LogP) is 3.14. The average Bonchev–Trinajstić information content (AvgIpc) is 2.87. The summed E-state index contributed by atoms with van der Waals surface area (Å²) in [5, 5.41) is 2.76. The molecule has 26 heavy (non-hydrogen) atoms. The summed E-state index contributed by atoms with van der Waals surface area (Å²) in [5.74, 6) is 0.0484. The minimum absolute atomic E-state index is 0.0241. The third-order valence-electron chi connectivity index (χ3n) is 3.96. The largest absolute Gasteiger partial charge is 0.497 e. The van der Waals surface area contributed by atoms with Gasteiger partial charge < -0.3 is 14.8 Å². The van der Waals surface area contributed by atoms with Crippen LogP contribution < -0.4 is 14.8 Å². The van der Waals surface area contributed by atoms with E-state index in [1.807, 2.05) is 30.3 Å². The quantitative estimate of drug-likeness (QED) is 0.789. The summed E-state index contributed by atoms with van der Waals surface area (Å²) in [5.41, 5.74) is 1.36. The first kappa shape index (κ1) is 17.8. The number of imide groups is 1. The molecule has 0 atom stereocenters. The molecule has 3 rings (SSSR count). The average molecular weight is 373 g/mol. The number of halogens is 1. The molecule has 0 aromatic heterocycles. The van der Waals surface area contributed by atoms with Crippen LogP contribution in [0.1, 0.15) is 5.56 Å². The van der Waals surface area contributed by atoms with E-state index in [9.17, 15) is 9.59 Å². The second kappa shape index (κ2) is 7.49. The van der Waals surface area contributed by atoms with Crippen molar-refractivity contribution in [3.8, 4) is 11.5 Å². The standard InChI is InChI=1S/C19H17ClN2O4/c1-25-13-8-9-14(15(10-13)26-2)21-17-16(20)18(23)22(19(17)24)11-12-6-4-3-5-7-12/h3-10,21H,11H2,1-2H3. The van der Waals surface area contributed by atoms with Crippen LogP contribution in [0.25, 0.3) is 0 Å². The number of nitrogens with one attached hydrogen (secondary N) is 1. The maximum atomic E-state index is 12.7. The lowest BCUT2D eigenvalue weighted by atomic mass is 10.2. The molecule has 7 heteroatoms. The Morgan fingerprint density at radius 3 is 2.38 bits per heavy atom. The van der Waals surface area contributed by atoms with Crippen molar-refractivity contribution in [3.63, 3.8) is 0 Å². The van der Waals surface area contributed by atoms with Gasteiger partial charge in [-0.15, -0.1) is 0 Å². The summed E-state index contributed by atoms with van der Waals surface area (Å²) in [6, 6.07) is 14.3. The van der Waals surface area contributed by atoms with Crippen LogP contribution in [0.4, 0.5) is 5.69 Å². The molecule has 6 nitrogen and oxygen atoms in total. The molecule has 2 aromatic carbocycles. The van der Waals surface area contributed by atoms with E-state index >= 15 is 0 Å². The van der Waals surface area contributed by atoms with Crippen LogP contribution in [0.15, 0.2) is 59.3 Å². The van der Waals surface area contributed by atoms with Gasteiger partial charge in [-0.1, -0.05) is 41.9 Å². The lowest BCUT2D eigenvalue weighted by Gasteiger charge is -2.16. The second-order valence-electron chi connectivity index (χ2n) is 5.56. The number of carbonyl (C=O) groups excluding carboxylic acids is 2. The highest BCUT2D eigenvalue weighted by atomic mass is 35.5. The fraction of sp³-hybridized carbons (Fsp3) is 0.158. The van der Waals surface area contributed by atoms with Gasteiger partial charge in [-0.3, -0.25) is 14.5 Å². The van der Waals surface area contributed by atoms with Gasteiger partial charge in [-0.25, -0.2) is 0 Å². The minimum Gasteiger partial charge on any atom is -0.497 e. The number of anilines is 1. The monoisotopic (exact) mass is 372 g/mol. The molecule has 0 spiro atoms. The molecule has 1 heterocycles. The van der Waals surface area contributed by atoms with Gasteiger partial charge in [-0.05, 0) is 17.7 Å². The van der Waals surface area contributed by atoms with Crippen molar-refractivity contribution in [2.24, 2.45) is 0 Å². The molecule has 1 N–H and O–H groups in total. The van der Waals surface area contributed by atoms with Crippen LogP contribution in [0.2, 0.25) is 0 Å². The van der Waals surface area contributed by atoms with Gasteiger partial charge in [0.1, 0.15) is 22.2 Å². The first-order valence-corrected chi connectivity index (χ1v) is 8.22. The lowest BCUT2D eigenvalue weighted by Crippen LogP contribution is -2.31. The molecular formula is C19H17ClN2O4. The fourth-order valence-corrected chi connectivity index (χ4v) is 2.83. The van der Waals surface area contributed by atoms with Crippen LogP contribution in [0, 0.1) is 0 Å². The normalized spacial score (nSPS) is 14.0. The topological polar surface area (TPSA) is 67.9 Å². The van der Waals surface area contributed by atoms with Crippen LogP contribution in [0.3, 0.4) is 0 Å². The first-order valence-electron chi connectivity index (χ1n) is 7.84. The Balaban J connectivity index is 1.84. The molecule has 134 valence electrons. The molecule has 2 aromatic rings. The molecular weight excluding hydrogens is 356 g/mol. The Hall–Kier alpha value is -2.99. The van der Waals surface area contributed by atoms with Crippen LogP contribution in [-0.2, 0) is 16.1 Å². The third-order valence-corrected chi connectivity index (χ3v) is 4.31. The van der Waals surface area contributed by atoms with E-state index in [-0.39, 0.29) is 17.3 Å². The van der Waals surface area contributed by atoms with Gasteiger partial charge in [0.05, 0.1) is 26.5 Å². The predicted molar refractivity (Wildman–Crippen MR) is 98.0 cm³/mol. The number of hydrogen-bond acceptors (Lipinski definition) is 5. The smallest absolute Gasteiger partial charge is 0.279 e. The van der Waals surface area contributed by atoms with Crippen LogP contribution in [0.5, 0.6) is 11.5 Å². The zero-order valence-corrected chi connectivity index (χ0v) is 15.0. The molecule has 0 fully saturated rings. The Morgan fingerprint density at radius 1 is 1.00 bits per heavy atom. The SMILES string of the molecule is COc1ccc(NC2=C(Cl)C(=O)N(Cc3ccccc3)C2=O)c(OC)c1. The van der Waals surface area contributed by atoms with Gasteiger partial charge >= 0.3 is 0 Å². The number of rotatable bonds is 6. The van der Waals surface area contributed by atoms with Gasteiger partial charge in [0, 0.05) is 6.07 Å². The minimum atomic E-state index is -0.532. The van der Waals surface area contributed by atoms with E-state index in [1.165, 1.54) is 7.11 Å². The van der Waals surface area contributed by atoms with Crippen molar-refractivity contribution in [3.05, 3.63) is 64.8 Å². The van der Waals surface area contributed by atoms with E-state index in [2.05, 4.69) is 5.32 Å². The number of benzene rings is 2. The molecule has 0 saturated carbocycles. The molecule has 0 bridgehead atoms. The zero-order valence-electron chi connectivity index (χ0n) is 14.3. The fourth-order valence-electron chi connectivity index (χ4n) is 2.60. The molecule has 1 aliphatic heterocycles. The van der Waals surface area contributed by atoms with Gasteiger partial charge in [-0.2, -0.15) is 0 Å². The Bertz CT molecular complexity index is 880. The summed E-state index contributed by atoms with van der Waals surface area (Å²) in [6.45, 7) is 0.152. The first-order chi connectivity index (χ1) is 12.5. The number of methoxy groups -OCH3 is 2. The zero-order chi connectivity index (χ0) is 18.7. The highest BCUT2D eigenvalue weighted by molar-refractivity contribution is 6.48. The molecule has 0 saturated heterocycles. The molecule has 2 amide bonds. The van der Waals surface area contributed by atoms with Gasteiger partial charge in [0.25, 0.3) is 11.8 Å². The number of hydrogen-bond donors (Lipinski definition) is 1. The summed E-state index contributed by atoms with van der Waals surface area (Å²) in [4.78, 5) is 26.2. The summed E-state index contributed by atoms with van der Waals surface area (Å²) < 4.78 is 10.4. The van der Waals surface area contributed by atoms with Crippen molar-refractivity contribution in [1.29, 1.82) is 0 Å². The highest BCUT2D eigenvalue weighted by Crippen LogP contribution is 2.33. The number of amides is 2. The van der Waals surface area contributed by atoms with Crippen molar-refractivity contribution in [2.45, 2.75) is 6.54 Å². The number of nitrogens with zero attached hydrogens (tertiary/aromatic N) is 1. The van der Waals surface area contributed by atoms with Crippen LogP contribution in [-0.4, -0.2) is 30.9 Å². The van der Waals surface area contributed by atoms with Crippen molar-refractivity contribution < 1.29 is 19.1 Å². The van der Waals surface area contributed by atoms with Gasteiger partial charge in [0.2, 0.25) is 0 Å². The third kappa shape index (κ3) is 3.36. The Kier molecular flexibility index (Phi) is 5.14. The Labute approximate surface area is 156 Å². The highest BCUT2D eigenvalue weighted by Gasteiger charge is 2.38. The second-order valence-corrected chi connectivity index (χ2v) is 5.94. The summed E-state index contributed by atoms with van der Waals surface area (Å²) >= 11 is 6.13. The van der Waals surface area contributed by atoms with Crippen molar-refractivity contribution in [1.82, 2.24) is 4.90 Å². The number of carbonyl (C=O) groups is 2. The molecule has 1 aliphatic rings. The summed E-state index contributed by atoms with van der Waals surface area (Å²) in [6.07, 6.45) is 0. The molecule has 0 aliphatic carbocycles.